The number of carbonyl (C=O) groups is 1. The summed E-state index contributed by atoms with van der Waals surface area (Å²) in [5.74, 6) is 1.15. The fourth-order valence-corrected chi connectivity index (χ4v) is 2.42. The van der Waals surface area contributed by atoms with Crippen molar-refractivity contribution in [3.63, 3.8) is 0 Å². The summed E-state index contributed by atoms with van der Waals surface area (Å²) >= 11 is 0. The van der Waals surface area contributed by atoms with Gasteiger partial charge < -0.3 is 14.7 Å². The van der Waals surface area contributed by atoms with Gasteiger partial charge in [-0.2, -0.15) is 0 Å². The zero-order chi connectivity index (χ0) is 14.5. The van der Waals surface area contributed by atoms with Crippen LogP contribution in [-0.2, 0) is 4.79 Å². The summed E-state index contributed by atoms with van der Waals surface area (Å²) in [7, 11) is 3.40. The highest BCUT2D eigenvalue weighted by molar-refractivity contribution is 5.92. The zero-order valence-corrected chi connectivity index (χ0v) is 12.0. The topological polar surface area (TPSA) is 49.8 Å². The van der Waals surface area contributed by atoms with Crippen LogP contribution in [0.1, 0.15) is 18.4 Å². The first-order valence-corrected chi connectivity index (χ1v) is 6.84. The van der Waals surface area contributed by atoms with Gasteiger partial charge in [0, 0.05) is 25.2 Å². The van der Waals surface area contributed by atoms with Crippen LogP contribution >= 0.6 is 0 Å². The molecule has 0 aliphatic heterocycles. The van der Waals surface area contributed by atoms with Crippen molar-refractivity contribution in [2.75, 3.05) is 20.7 Å². The SMILES string of the molecule is COc1ccccc1C=CC(=O)N(C)CC1CC(O)C1. The number of methoxy groups -OCH3 is 1. The monoisotopic (exact) mass is 275 g/mol. The van der Waals surface area contributed by atoms with Crippen molar-refractivity contribution in [1.82, 2.24) is 4.90 Å². The first-order valence-electron chi connectivity index (χ1n) is 6.84. The number of para-hydroxylation sites is 1. The lowest BCUT2D eigenvalue weighted by Gasteiger charge is -2.34. The van der Waals surface area contributed by atoms with Gasteiger partial charge in [0.05, 0.1) is 13.2 Å². The van der Waals surface area contributed by atoms with Gasteiger partial charge >= 0.3 is 0 Å². The van der Waals surface area contributed by atoms with Crippen LogP contribution in [0, 0.1) is 5.92 Å². The van der Waals surface area contributed by atoms with Crippen molar-refractivity contribution < 1.29 is 14.6 Å². The number of carbonyl (C=O) groups excluding carboxylic acids is 1. The Morgan fingerprint density at radius 2 is 2.15 bits per heavy atom. The van der Waals surface area contributed by atoms with Crippen LogP contribution < -0.4 is 4.74 Å². The predicted octanol–water partition coefficient (Wildman–Crippen LogP) is 1.94. The van der Waals surface area contributed by atoms with E-state index in [0.717, 1.165) is 24.2 Å². The number of aliphatic hydroxyl groups excluding tert-OH is 1. The maximum Gasteiger partial charge on any atom is 0.246 e. The highest BCUT2D eigenvalue weighted by Gasteiger charge is 2.28. The second kappa shape index (κ2) is 6.57. The van der Waals surface area contributed by atoms with Gasteiger partial charge in [-0.1, -0.05) is 18.2 Å². The van der Waals surface area contributed by atoms with E-state index in [0.29, 0.717) is 12.5 Å². The molecule has 0 saturated heterocycles. The lowest BCUT2D eigenvalue weighted by Crippen LogP contribution is -2.38. The van der Waals surface area contributed by atoms with Crippen LogP contribution in [0.2, 0.25) is 0 Å². The van der Waals surface area contributed by atoms with Crippen molar-refractivity contribution >= 4 is 12.0 Å². The summed E-state index contributed by atoms with van der Waals surface area (Å²) in [5.41, 5.74) is 0.885. The smallest absolute Gasteiger partial charge is 0.246 e. The lowest BCUT2D eigenvalue weighted by atomic mass is 9.82. The number of hydrogen-bond donors (Lipinski definition) is 1. The molecule has 1 saturated carbocycles. The molecular formula is C16H21NO3. The van der Waals surface area contributed by atoms with E-state index in [1.807, 2.05) is 24.3 Å². The molecule has 1 aliphatic rings. The van der Waals surface area contributed by atoms with Crippen LogP contribution in [0.15, 0.2) is 30.3 Å². The largest absolute Gasteiger partial charge is 0.496 e. The summed E-state index contributed by atoms with van der Waals surface area (Å²) in [6, 6.07) is 7.58. The van der Waals surface area contributed by atoms with Gasteiger partial charge in [0.2, 0.25) is 5.91 Å². The van der Waals surface area contributed by atoms with Crippen molar-refractivity contribution in [3.8, 4) is 5.75 Å². The Morgan fingerprint density at radius 3 is 2.80 bits per heavy atom. The second-order valence-electron chi connectivity index (χ2n) is 5.29. The van der Waals surface area contributed by atoms with Crippen molar-refractivity contribution in [2.45, 2.75) is 18.9 Å². The molecule has 0 unspecified atom stereocenters. The molecule has 0 radical (unpaired) electrons. The molecular weight excluding hydrogens is 254 g/mol. The first-order chi connectivity index (χ1) is 9.60. The van der Waals surface area contributed by atoms with Gasteiger partial charge in [0.25, 0.3) is 0 Å². The summed E-state index contributed by atoms with van der Waals surface area (Å²) in [5, 5.41) is 9.25. The molecule has 0 atom stereocenters. The molecule has 0 spiro atoms. The van der Waals surface area contributed by atoms with Gasteiger partial charge in [-0.3, -0.25) is 4.79 Å². The van der Waals surface area contributed by atoms with Gasteiger partial charge in [0.1, 0.15) is 5.75 Å². The standard InChI is InChI=1S/C16H21NO3/c1-17(11-12-9-14(18)10-12)16(19)8-7-13-5-3-4-6-15(13)20-2/h3-8,12,14,18H,9-11H2,1-2H3. The zero-order valence-electron chi connectivity index (χ0n) is 12.0. The van der Waals surface area contributed by atoms with E-state index in [1.54, 1.807) is 31.2 Å². The molecule has 0 aromatic heterocycles. The highest BCUT2D eigenvalue weighted by atomic mass is 16.5. The molecule has 1 N–H and O–H groups in total. The summed E-state index contributed by atoms with van der Waals surface area (Å²) in [6.07, 6.45) is 4.76. The molecule has 4 heteroatoms. The Hall–Kier alpha value is -1.81. The molecule has 1 aromatic carbocycles. The first kappa shape index (κ1) is 14.6. The normalized spacial score (nSPS) is 21.6. The third-order valence-electron chi connectivity index (χ3n) is 3.66. The number of likely N-dealkylation sites (N-methyl/N-ethyl adjacent to an activating group) is 1. The van der Waals surface area contributed by atoms with Crippen molar-refractivity contribution in [3.05, 3.63) is 35.9 Å². The molecule has 108 valence electrons. The van der Waals surface area contributed by atoms with Crippen LogP contribution in [0.4, 0.5) is 0 Å². The van der Waals surface area contributed by atoms with Gasteiger partial charge in [-0.05, 0) is 30.9 Å². The predicted molar refractivity (Wildman–Crippen MR) is 78.4 cm³/mol. The second-order valence-corrected chi connectivity index (χ2v) is 5.29. The van der Waals surface area contributed by atoms with E-state index < -0.39 is 0 Å². The Kier molecular flexibility index (Phi) is 4.79. The van der Waals surface area contributed by atoms with E-state index in [2.05, 4.69) is 0 Å². The Balaban J connectivity index is 1.91. The summed E-state index contributed by atoms with van der Waals surface area (Å²) < 4.78 is 5.24. The minimum Gasteiger partial charge on any atom is -0.496 e. The Labute approximate surface area is 119 Å². The average Bonchev–Trinajstić information content (AvgIpc) is 2.43. The van der Waals surface area contributed by atoms with E-state index in [1.165, 1.54) is 0 Å². The van der Waals surface area contributed by atoms with Gasteiger partial charge in [0.15, 0.2) is 0 Å². The van der Waals surface area contributed by atoms with E-state index in [9.17, 15) is 9.90 Å². The third kappa shape index (κ3) is 3.61. The molecule has 1 aliphatic carbocycles. The molecule has 2 rings (SSSR count). The maximum atomic E-state index is 12.0. The molecule has 1 amide bonds. The van der Waals surface area contributed by atoms with Crippen LogP contribution in [0.25, 0.3) is 6.08 Å². The number of ether oxygens (including phenoxy) is 1. The number of amides is 1. The minimum atomic E-state index is -0.173. The summed E-state index contributed by atoms with van der Waals surface area (Å²) in [4.78, 5) is 13.7. The maximum absolute atomic E-state index is 12.0. The minimum absolute atomic E-state index is 0.0303. The molecule has 1 fully saturated rings. The molecule has 4 nitrogen and oxygen atoms in total. The lowest BCUT2D eigenvalue weighted by molar-refractivity contribution is -0.126. The quantitative estimate of drug-likeness (QED) is 0.835. The number of nitrogens with zero attached hydrogens (tertiary/aromatic N) is 1. The third-order valence-corrected chi connectivity index (χ3v) is 3.66. The molecule has 0 bridgehead atoms. The van der Waals surface area contributed by atoms with E-state index in [4.69, 9.17) is 4.74 Å². The average molecular weight is 275 g/mol. The summed E-state index contributed by atoms with van der Waals surface area (Å²) in [6.45, 7) is 0.701. The number of rotatable bonds is 5. The molecule has 1 aromatic rings. The number of benzene rings is 1. The van der Waals surface area contributed by atoms with Crippen LogP contribution in [-0.4, -0.2) is 42.7 Å². The van der Waals surface area contributed by atoms with Gasteiger partial charge in [-0.15, -0.1) is 0 Å². The fourth-order valence-electron chi connectivity index (χ4n) is 2.42. The van der Waals surface area contributed by atoms with Crippen LogP contribution in [0.5, 0.6) is 5.75 Å². The molecule has 20 heavy (non-hydrogen) atoms. The number of aliphatic hydroxyl groups is 1. The molecule has 0 heterocycles. The number of hydrogen-bond acceptors (Lipinski definition) is 3. The van der Waals surface area contributed by atoms with Crippen molar-refractivity contribution in [1.29, 1.82) is 0 Å². The Bertz CT molecular complexity index is 492. The highest BCUT2D eigenvalue weighted by Crippen LogP contribution is 2.27. The van der Waals surface area contributed by atoms with Crippen LogP contribution in [0.3, 0.4) is 0 Å². The van der Waals surface area contributed by atoms with Gasteiger partial charge in [-0.25, -0.2) is 0 Å². The van der Waals surface area contributed by atoms with E-state index >= 15 is 0 Å². The Morgan fingerprint density at radius 1 is 1.45 bits per heavy atom. The van der Waals surface area contributed by atoms with Crippen molar-refractivity contribution in [2.24, 2.45) is 5.92 Å². The fraction of sp³-hybridized carbons (Fsp3) is 0.438. The van der Waals surface area contributed by atoms with E-state index in [-0.39, 0.29) is 12.0 Å².